The monoisotopic (exact) mass is 356 g/mol. The van der Waals surface area contributed by atoms with E-state index in [4.69, 9.17) is 0 Å². The molecule has 0 aliphatic carbocycles. The van der Waals surface area contributed by atoms with Crippen molar-refractivity contribution < 1.29 is 14.5 Å². The van der Waals surface area contributed by atoms with E-state index in [1.165, 1.54) is 0 Å². The van der Waals surface area contributed by atoms with Crippen molar-refractivity contribution in [2.45, 2.75) is 32.9 Å². The predicted octanol–water partition coefficient (Wildman–Crippen LogP) is 1.09. The first-order valence-corrected chi connectivity index (χ1v) is 7.63. The molecule has 0 saturated carbocycles. The summed E-state index contributed by atoms with van der Waals surface area (Å²) in [7, 11) is 1.92. The van der Waals surface area contributed by atoms with Gasteiger partial charge in [0.15, 0.2) is 6.54 Å². The van der Waals surface area contributed by atoms with Crippen molar-refractivity contribution in [1.82, 2.24) is 10.6 Å². The summed E-state index contributed by atoms with van der Waals surface area (Å²) in [6.45, 7) is 6.56. The van der Waals surface area contributed by atoms with Gasteiger partial charge in [-0.15, -0.1) is 0 Å². The van der Waals surface area contributed by atoms with E-state index in [9.17, 15) is 9.59 Å². The lowest BCUT2D eigenvalue weighted by molar-refractivity contribution is -0.885. The number of urea groups is 1. The van der Waals surface area contributed by atoms with Gasteiger partial charge in [-0.3, -0.25) is 10.1 Å². The third-order valence-corrected chi connectivity index (χ3v) is 3.15. The van der Waals surface area contributed by atoms with Gasteiger partial charge in [0.2, 0.25) is 0 Å². The summed E-state index contributed by atoms with van der Waals surface area (Å²) in [5.74, 6) is -0.286. The van der Waals surface area contributed by atoms with Crippen LogP contribution in [0.25, 0.3) is 0 Å². The highest BCUT2D eigenvalue weighted by Crippen LogP contribution is 2.09. The van der Waals surface area contributed by atoms with Crippen LogP contribution in [0, 0.1) is 0 Å². The number of likely N-dealkylation sites (N-methyl/N-ethyl adjacent to an activating group) is 1. The standard InChI is InChI=1S/C15H22BrN3O2/c1-15(2,3)18-14(21)17-13(20)10-19(4)9-11-5-7-12(16)8-6-11/h5-8H,9-10H2,1-4H3,(H2,17,18,20,21)/p+1. The number of halogens is 1. The minimum Gasteiger partial charge on any atom is -0.333 e. The summed E-state index contributed by atoms with van der Waals surface area (Å²) in [5, 5.41) is 5.04. The van der Waals surface area contributed by atoms with E-state index >= 15 is 0 Å². The minimum atomic E-state index is -0.455. The van der Waals surface area contributed by atoms with Crippen LogP contribution in [0.2, 0.25) is 0 Å². The highest BCUT2D eigenvalue weighted by molar-refractivity contribution is 9.10. The Morgan fingerprint density at radius 2 is 1.76 bits per heavy atom. The second kappa shape index (κ2) is 7.56. The fourth-order valence-electron chi connectivity index (χ4n) is 1.83. The van der Waals surface area contributed by atoms with E-state index in [1.54, 1.807) is 0 Å². The van der Waals surface area contributed by atoms with Crippen molar-refractivity contribution in [3.05, 3.63) is 34.3 Å². The molecule has 1 aromatic rings. The number of quaternary nitrogens is 1. The van der Waals surface area contributed by atoms with Gasteiger partial charge in [-0.05, 0) is 32.9 Å². The van der Waals surface area contributed by atoms with Gasteiger partial charge in [-0.25, -0.2) is 4.79 Å². The van der Waals surface area contributed by atoms with Crippen molar-refractivity contribution in [3.8, 4) is 0 Å². The van der Waals surface area contributed by atoms with Gasteiger partial charge in [0, 0.05) is 15.6 Å². The molecule has 116 valence electrons. The molecule has 0 aliphatic rings. The normalized spacial score (nSPS) is 12.6. The van der Waals surface area contributed by atoms with Crippen LogP contribution in [0.15, 0.2) is 28.7 Å². The fraction of sp³-hybridized carbons (Fsp3) is 0.467. The molecule has 6 heteroatoms. The second-order valence-corrected chi connectivity index (χ2v) is 7.11. The Morgan fingerprint density at radius 1 is 1.19 bits per heavy atom. The number of benzene rings is 1. The molecule has 0 spiro atoms. The zero-order valence-electron chi connectivity index (χ0n) is 12.9. The van der Waals surface area contributed by atoms with Gasteiger partial charge in [-0.1, -0.05) is 28.1 Å². The Morgan fingerprint density at radius 3 is 2.29 bits per heavy atom. The molecule has 3 N–H and O–H groups in total. The molecule has 0 radical (unpaired) electrons. The molecule has 1 atom stereocenters. The summed E-state index contributed by atoms with van der Waals surface area (Å²) >= 11 is 3.39. The van der Waals surface area contributed by atoms with Crippen LogP contribution in [0.4, 0.5) is 4.79 Å². The van der Waals surface area contributed by atoms with Crippen molar-refractivity contribution in [1.29, 1.82) is 0 Å². The summed E-state index contributed by atoms with van der Waals surface area (Å²) in [6, 6.07) is 7.51. The molecule has 1 unspecified atom stereocenters. The number of rotatable bonds is 4. The molecule has 0 bridgehead atoms. The van der Waals surface area contributed by atoms with Crippen LogP contribution in [0.1, 0.15) is 26.3 Å². The molecule has 21 heavy (non-hydrogen) atoms. The number of nitrogens with one attached hydrogen (secondary N) is 3. The Hall–Kier alpha value is -1.40. The summed E-state index contributed by atoms with van der Waals surface area (Å²) in [4.78, 5) is 24.4. The summed E-state index contributed by atoms with van der Waals surface area (Å²) in [5.41, 5.74) is 0.781. The molecule has 3 amide bonds. The molecular formula is C15H23BrN3O2+. The topological polar surface area (TPSA) is 62.6 Å². The zero-order chi connectivity index (χ0) is 16.0. The maximum Gasteiger partial charge on any atom is 0.322 e. The molecule has 5 nitrogen and oxygen atoms in total. The molecule has 0 heterocycles. The Kier molecular flexibility index (Phi) is 6.36. The maximum atomic E-state index is 11.8. The fourth-order valence-corrected chi connectivity index (χ4v) is 2.09. The SMILES string of the molecule is C[NH+](CC(=O)NC(=O)NC(C)(C)C)Cc1ccc(Br)cc1. The molecule has 1 rings (SSSR count). The van der Waals surface area contributed by atoms with Crippen molar-refractivity contribution in [2.24, 2.45) is 0 Å². The Bertz CT molecular complexity index is 495. The highest BCUT2D eigenvalue weighted by Gasteiger charge is 2.17. The number of hydrogen-bond acceptors (Lipinski definition) is 2. The first-order valence-electron chi connectivity index (χ1n) is 6.83. The third kappa shape index (κ3) is 7.82. The van der Waals surface area contributed by atoms with Crippen molar-refractivity contribution in [2.75, 3.05) is 13.6 Å². The van der Waals surface area contributed by atoms with Crippen LogP contribution in [0.3, 0.4) is 0 Å². The first-order chi connectivity index (χ1) is 9.65. The van der Waals surface area contributed by atoms with E-state index in [0.29, 0.717) is 0 Å². The summed E-state index contributed by atoms with van der Waals surface area (Å²) in [6.07, 6.45) is 0. The number of hydrogen-bond donors (Lipinski definition) is 3. The van der Waals surface area contributed by atoms with E-state index in [0.717, 1.165) is 21.5 Å². The molecular weight excluding hydrogens is 334 g/mol. The van der Waals surface area contributed by atoms with Gasteiger partial charge < -0.3 is 10.2 Å². The van der Waals surface area contributed by atoms with Gasteiger partial charge in [0.1, 0.15) is 6.54 Å². The van der Waals surface area contributed by atoms with E-state index in [1.807, 2.05) is 52.1 Å². The second-order valence-electron chi connectivity index (χ2n) is 6.19. The van der Waals surface area contributed by atoms with E-state index < -0.39 is 6.03 Å². The smallest absolute Gasteiger partial charge is 0.322 e. The predicted molar refractivity (Wildman–Crippen MR) is 86.0 cm³/mol. The van der Waals surface area contributed by atoms with Crippen LogP contribution in [0.5, 0.6) is 0 Å². The number of amides is 3. The number of imide groups is 1. The lowest BCUT2D eigenvalue weighted by atomic mass is 10.1. The van der Waals surface area contributed by atoms with Crippen molar-refractivity contribution >= 4 is 27.9 Å². The maximum absolute atomic E-state index is 11.8. The van der Waals surface area contributed by atoms with Gasteiger partial charge in [-0.2, -0.15) is 0 Å². The molecule has 0 aliphatic heterocycles. The molecule has 1 aromatic carbocycles. The van der Waals surface area contributed by atoms with E-state index in [2.05, 4.69) is 26.6 Å². The first kappa shape index (κ1) is 17.7. The Balaban J connectivity index is 2.40. The van der Waals surface area contributed by atoms with Crippen molar-refractivity contribution in [3.63, 3.8) is 0 Å². The Labute approximate surface area is 134 Å². The average molecular weight is 357 g/mol. The van der Waals surface area contributed by atoms with Gasteiger partial charge in [0.25, 0.3) is 5.91 Å². The molecule has 0 saturated heterocycles. The van der Waals surface area contributed by atoms with Crippen LogP contribution in [-0.4, -0.2) is 31.1 Å². The molecule has 0 aromatic heterocycles. The lowest BCUT2D eigenvalue weighted by Gasteiger charge is -2.20. The quantitative estimate of drug-likeness (QED) is 0.756. The highest BCUT2D eigenvalue weighted by atomic mass is 79.9. The van der Waals surface area contributed by atoms with Gasteiger partial charge >= 0.3 is 6.03 Å². The number of carbonyl (C=O) groups excluding carboxylic acids is 2. The van der Waals surface area contributed by atoms with Crippen LogP contribution >= 0.6 is 15.9 Å². The average Bonchev–Trinajstić information content (AvgIpc) is 2.28. The summed E-state index contributed by atoms with van der Waals surface area (Å²) < 4.78 is 1.03. The van der Waals surface area contributed by atoms with Crippen LogP contribution in [-0.2, 0) is 11.3 Å². The van der Waals surface area contributed by atoms with Crippen LogP contribution < -0.4 is 15.5 Å². The number of carbonyl (C=O) groups is 2. The van der Waals surface area contributed by atoms with Gasteiger partial charge in [0.05, 0.1) is 7.05 Å². The largest absolute Gasteiger partial charge is 0.333 e. The molecule has 0 fully saturated rings. The minimum absolute atomic E-state index is 0.244. The third-order valence-electron chi connectivity index (χ3n) is 2.62. The van der Waals surface area contributed by atoms with E-state index in [-0.39, 0.29) is 18.0 Å². The zero-order valence-corrected chi connectivity index (χ0v) is 14.5. The lowest BCUT2D eigenvalue weighted by Crippen LogP contribution is -3.09.